The molecule has 0 unspecified atom stereocenters. The molecule has 0 bridgehead atoms. The maximum atomic E-state index is 7.72. The van der Waals surface area contributed by atoms with Gasteiger partial charge in [0.25, 0.3) is 0 Å². The molecule has 1 heterocycles. The zero-order valence-corrected chi connectivity index (χ0v) is 14.8. The van der Waals surface area contributed by atoms with Gasteiger partial charge in [-0.15, -0.1) is 0 Å². The molecule has 2 rings (SSSR count). The fourth-order valence-electron chi connectivity index (χ4n) is 2.21. The summed E-state index contributed by atoms with van der Waals surface area (Å²) in [6.07, 6.45) is 3.16. The lowest BCUT2D eigenvalue weighted by Gasteiger charge is -2.24. The Bertz CT molecular complexity index is 692. The van der Waals surface area contributed by atoms with Gasteiger partial charge in [-0.25, -0.2) is 0 Å². The molecule has 0 amide bonds. The molecule has 0 aliphatic carbocycles. The molecule has 0 aliphatic rings. The summed E-state index contributed by atoms with van der Waals surface area (Å²) >= 11 is 11.5. The minimum absolute atomic E-state index is 0.0762. The van der Waals surface area contributed by atoms with Crippen molar-refractivity contribution in [1.29, 1.82) is 5.41 Å². The summed E-state index contributed by atoms with van der Waals surface area (Å²) in [6.45, 7) is 1.12. The number of thiocarbonyl (C=S) groups is 1. The molecule has 0 fully saturated rings. The molecular formula is C17H20ClN5S. The lowest BCUT2D eigenvalue weighted by Crippen LogP contribution is -2.47. The molecule has 0 saturated heterocycles. The average molecular weight is 362 g/mol. The lowest BCUT2D eigenvalue weighted by atomic mass is 10.2. The van der Waals surface area contributed by atoms with E-state index >= 15 is 0 Å². The molecule has 0 atom stereocenters. The van der Waals surface area contributed by atoms with Crippen LogP contribution in [0.1, 0.15) is 17.7 Å². The quantitative estimate of drug-likeness (QED) is 0.419. The molecule has 0 saturated carbocycles. The van der Waals surface area contributed by atoms with Crippen LogP contribution in [0.2, 0.25) is 5.02 Å². The molecular weight excluding hydrogens is 342 g/mol. The van der Waals surface area contributed by atoms with Gasteiger partial charge in [-0.3, -0.25) is 15.3 Å². The highest BCUT2D eigenvalue weighted by molar-refractivity contribution is 7.80. The van der Waals surface area contributed by atoms with Crippen LogP contribution in [-0.2, 0) is 13.0 Å². The third kappa shape index (κ3) is 5.47. The maximum absolute atomic E-state index is 7.72. The van der Waals surface area contributed by atoms with Crippen LogP contribution in [0.3, 0.4) is 0 Å². The van der Waals surface area contributed by atoms with Crippen molar-refractivity contribution >= 4 is 34.9 Å². The van der Waals surface area contributed by atoms with E-state index in [1.807, 2.05) is 36.4 Å². The van der Waals surface area contributed by atoms with E-state index in [9.17, 15) is 0 Å². The Morgan fingerprint density at radius 1 is 1.25 bits per heavy atom. The molecule has 2 aromatic rings. The summed E-state index contributed by atoms with van der Waals surface area (Å²) in [6, 6.07) is 13.5. The third-order valence-corrected chi connectivity index (χ3v) is 4.16. The number of aromatic nitrogens is 1. The van der Waals surface area contributed by atoms with E-state index < -0.39 is 0 Å². The molecule has 1 aromatic carbocycles. The first-order valence-corrected chi connectivity index (χ1v) is 8.39. The summed E-state index contributed by atoms with van der Waals surface area (Å²) in [5, 5.41) is 12.0. The van der Waals surface area contributed by atoms with Gasteiger partial charge in [0.2, 0.25) is 0 Å². The highest BCUT2D eigenvalue weighted by Crippen LogP contribution is 2.14. The third-order valence-electron chi connectivity index (χ3n) is 3.45. The van der Waals surface area contributed by atoms with Crippen molar-refractivity contribution in [3.05, 3.63) is 64.9 Å². The van der Waals surface area contributed by atoms with Gasteiger partial charge in [-0.1, -0.05) is 41.9 Å². The van der Waals surface area contributed by atoms with Crippen LogP contribution in [0.4, 0.5) is 0 Å². The van der Waals surface area contributed by atoms with Gasteiger partial charge in [0.05, 0.1) is 10.7 Å². The average Bonchev–Trinajstić information content (AvgIpc) is 2.58. The number of benzene rings is 1. The topological polar surface area (TPSA) is 78.0 Å². The van der Waals surface area contributed by atoms with Crippen molar-refractivity contribution < 1.29 is 0 Å². The second kappa shape index (κ2) is 9.20. The molecule has 4 N–H and O–H groups in total. The Labute approximate surface area is 152 Å². The van der Waals surface area contributed by atoms with Gasteiger partial charge in [-0.05, 0) is 42.8 Å². The Morgan fingerprint density at radius 3 is 2.67 bits per heavy atom. The second-order valence-electron chi connectivity index (χ2n) is 5.22. The highest BCUT2D eigenvalue weighted by atomic mass is 35.5. The van der Waals surface area contributed by atoms with E-state index in [0.717, 1.165) is 17.7 Å². The monoisotopic (exact) mass is 361 g/mol. The summed E-state index contributed by atoms with van der Waals surface area (Å²) in [7, 11) is 0. The Kier molecular flexibility index (Phi) is 6.96. The number of pyridine rings is 1. The lowest BCUT2D eigenvalue weighted by molar-refractivity contribution is 0.550. The van der Waals surface area contributed by atoms with Crippen LogP contribution in [0.25, 0.3) is 0 Å². The van der Waals surface area contributed by atoms with Gasteiger partial charge >= 0.3 is 0 Å². The van der Waals surface area contributed by atoms with Gasteiger partial charge in [0, 0.05) is 19.3 Å². The minimum atomic E-state index is -0.0762. The first-order chi connectivity index (χ1) is 11.6. The normalized spacial score (nSPS) is 10.2. The SMILES string of the molecule is N=C(N)N(CCCc1ncccc1Cl)C(=S)NCc1ccccc1. The minimum Gasteiger partial charge on any atom is -0.370 e. The predicted octanol–water partition coefficient (Wildman–Crippen LogP) is 2.94. The van der Waals surface area contributed by atoms with Crippen LogP contribution in [0.15, 0.2) is 48.7 Å². The largest absolute Gasteiger partial charge is 0.370 e. The van der Waals surface area contributed by atoms with Crippen LogP contribution in [0, 0.1) is 5.41 Å². The molecule has 0 radical (unpaired) electrons. The summed E-state index contributed by atoms with van der Waals surface area (Å²) in [5.74, 6) is -0.0762. The van der Waals surface area contributed by atoms with Gasteiger partial charge < -0.3 is 11.1 Å². The number of aryl methyl sites for hydroxylation is 1. The van der Waals surface area contributed by atoms with Crippen LogP contribution in [0.5, 0.6) is 0 Å². The molecule has 7 heteroatoms. The zero-order valence-electron chi connectivity index (χ0n) is 13.2. The molecule has 0 aliphatic heterocycles. The van der Waals surface area contributed by atoms with Crippen molar-refractivity contribution in [1.82, 2.24) is 15.2 Å². The van der Waals surface area contributed by atoms with E-state index in [1.165, 1.54) is 0 Å². The van der Waals surface area contributed by atoms with E-state index in [2.05, 4.69) is 10.3 Å². The van der Waals surface area contributed by atoms with Crippen LogP contribution >= 0.6 is 23.8 Å². The van der Waals surface area contributed by atoms with Crippen molar-refractivity contribution in [3.8, 4) is 0 Å². The fraction of sp³-hybridized carbons (Fsp3) is 0.235. The number of rotatable bonds is 6. The van der Waals surface area contributed by atoms with Gasteiger partial charge in [0.15, 0.2) is 11.1 Å². The molecule has 24 heavy (non-hydrogen) atoms. The first kappa shape index (κ1) is 18.2. The van der Waals surface area contributed by atoms with Gasteiger partial charge in [0.1, 0.15) is 0 Å². The number of guanidine groups is 1. The van der Waals surface area contributed by atoms with Crippen molar-refractivity contribution in [2.75, 3.05) is 6.54 Å². The maximum Gasteiger partial charge on any atom is 0.194 e. The van der Waals surface area contributed by atoms with Crippen molar-refractivity contribution in [3.63, 3.8) is 0 Å². The predicted molar refractivity (Wildman–Crippen MR) is 102 cm³/mol. The Balaban J connectivity index is 1.85. The standard InChI is InChI=1S/C17H20ClN5S/c18-14-8-4-10-21-15(14)9-5-11-23(16(19)20)17(24)22-12-13-6-2-1-3-7-13/h1-4,6-8,10H,5,9,11-12H2,(H3,19,20)(H,22,24). The van der Waals surface area contributed by atoms with E-state index in [-0.39, 0.29) is 5.96 Å². The summed E-state index contributed by atoms with van der Waals surface area (Å²) in [4.78, 5) is 5.84. The molecule has 1 aromatic heterocycles. The van der Waals surface area contributed by atoms with Crippen LogP contribution in [-0.4, -0.2) is 27.5 Å². The van der Waals surface area contributed by atoms with E-state index in [4.69, 9.17) is 35.0 Å². The second-order valence-corrected chi connectivity index (χ2v) is 6.01. The number of halogens is 1. The highest BCUT2D eigenvalue weighted by Gasteiger charge is 2.12. The first-order valence-electron chi connectivity index (χ1n) is 7.60. The van der Waals surface area contributed by atoms with E-state index in [1.54, 1.807) is 17.2 Å². The van der Waals surface area contributed by atoms with Crippen molar-refractivity contribution in [2.24, 2.45) is 5.73 Å². The number of nitrogens with two attached hydrogens (primary N) is 1. The van der Waals surface area contributed by atoms with Gasteiger partial charge in [-0.2, -0.15) is 0 Å². The van der Waals surface area contributed by atoms with E-state index in [0.29, 0.717) is 29.6 Å². The van der Waals surface area contributed by atoms with Crippen molar-refractivity contribution in [2.45, 2.75) is 19.4 Å². The zero-order chi connectivity index (χ0) is 17.4. The number of hydrogen-bond acceptors (Lipinski definition) is 3. The Hall–Kier alpha value is -2.18. The fourth-order valence-corrected chi connectivity index (χ4v) is 2.69. The van der Waals surface area contributed by atoms with Crippen LogP contribution < -0.4 is 11.1 Å². The number of hydrogen-bond donors (Lipinski definition) is 3. The molecule has 5 nitrogen and oxygen atoms in total. The number of nitrogens with one attached hydrogen (secondary N) is 2. The molecule has 126 valence electrons. The Morgan fingerprint density at radius 2 is 2.00 bits per heavy atom. The summed E-state index contributed by atoms with van der Waals surface area (Å²) < 4.78 is 0. The smallest absolute Gasteiger partial charge is 0.194 e. The molecule has 0 spiro atoms. The summed E-state index contributed by atoms with van der Waals surface area (Å²) in [5.41, 5.74) is 7.61. The number of nitrogens with zero attached hydrogens (tertiary/aromatic N) is 2.